The Morgan fingerprint density at radius 2 is 2.25 bits per heavy atom. The summed E-state index contributed by atoms with van der Waals surface area (Å²) in [6.45, 7) is 7.30. The van der Waals surface area contributed by atoms with E-state index in [-0.39, 0.29) is 11.9 Å². The number of carbonyl (C=O) groups is 1. The zero-order valence-corrected chi connectivity index (χ0v) is 12.3. The largest absolute Gasteiger partial charge is 0.378 e. The molecule has 1 N–H and O–H groups in total. The van der Waals surface area contributed by atoms with Gasteiger partial charge in [-0.3, -0.25) is 9.78 Å². The summed E-state index contributed by atoms with van der Waals surface area (Å²) in [5.74, 6) is 0.141. The zero-order chi connectivity index (χ0) is 14.4. The number of hydrogen-bond acceptors (Lipinski definition) is 4. The number of amides is 1. The molecule has 0 saturated carbocycles. The van der Waals surface area contributed by atoms with Crippen LogP contribution in [0.4, 0.5) is 0 Å². The van der Waals surface area contributed by atoms with E-state index >= 15 is 0 Å². The van der Waals surface area contributed by atoms with E-state index in [2.05, 4.69) is 23.3 Å². The highest BCUT2D eigenvalue weighted by atomic mass is 16.5. The van der Waals surface area contributed by atoms with Crippen molar-refractivity contribution in [1.29, 1.82) is 0 Å². The molecule has 5 nitrogen and oxygen atoms in total. The topological polar surface area (TPSA) is 54.5 Å². The van der Waals surface area contributed by atoms with Crippen LogP contribution in [-0.4, -0.2) is 48.1 Å². The molecule has 5 heteroatoms. The summed E-state index contributed by atoms with van der Waals surface area (Å²) in [7, 11) is 0. The van der Waals surface area contributed by atoms with Gasteiger partial charge >= 0.3 is 0 Å². The van der Waals surface area contributed by atoms with Gasteiger partial charge in [-0.1, -0.05) is 13.0 Å². The lowest BCUT2D eigenvalue weighted by molar-refractivity contribution is -0.137. The van der Waals surface area contributed by atoms with Gasteiger partial charge in [-0.05, 0) is 25.0 Å². The molecule has 1 unspecified atom stereocenters. The van der Waals surface area contributed by atoms with Crippen LogP contribution in [0.1, 0.15) is 25.1 Å². The van der Waals surface area contributed by atoms with E-state index in [0.717, 1.165) is 12.1 Å². The van der Waals surface area contributed by atoms with Gasteiger partial charge in [0, 0.05) is 25.8 Å². The minimum atomic E-state index is -0.195. The van der Waals surface area contributed by atoms with E-state index in [1.165, 1.54) is 5.56 Å². The van der Waals surface area contributed by atoms with Crippen LogP contribution in [-0.2, 0) is 22.5 Å². The lowest BCUT2D eigenvalue weighted by atomic mass is 10.1. The highest BCUT2D eigenvalue weighted by molar-refractivity contribution is 5.81. The SMILES string of the molecule is CCc1cccnc1CNC(C)C(=O)N1CCOCC1. The predicted octanol–water partition coefficient (Wildman–Crippen LogP) is 0.981. The van der Waals surface area contributed by atoms with Crippen LogP contribution in [0.25, 0.3) is 0 Å². The molecular formula is C15H23N3O2. The average Bonchev–Trinajstić information content (AvgIpc) is 2.53. The summed E-state index contributed by atoms with van der Waals surface area (Å²) in [6, 6.07) is 3.84. The monoisotopic (exact) mass is 277 g/mol. The van der Waals surface area contributed by atoms with Crippen molar-refractivity contribution in [3.8, 4) is 0 Å². The lowest BCUT2D eigenvalue weighted by Crippen LogP contribution is -2.49. The highest BCUT2D eigenvalue weighted by Crippen LogP contribution is 2.07. The standard InChI is InChI=1S/C15H23N3O2/c1-3-13-5-4-6-16-14(13)11-17-12(2)15(19)18-7-9-20-10-8-18/h4-6,12,17H,3,7-11H2,1-2H3. The van der Waals surface area contributed by atoms with Crippen LogP contribution in [0.5, 0.6) is 0 Å². The molecule has 1 atom stereocenters. The minimum Gasteiger partial charge on any atom is -0.378 e. The second kappa shape index (κ2) is 7.36. The number of pyridine rings is 1. The van der Waals surface area contributed by atoms with Gasteiger partial charge in [-0.15, -0.1) is 0 Å². The van der Waals surface area contributed by atoms with Gasteiger partial charge in [0.2, 0.25) is 5.91 Å². The Bertz CT molecular complexity index is 444. The first-order valence-electron chi connectivity index (χ1n) is 7.25. The van der Waals surface area contributed by atoms with E-state index in [0.29, 0.717) is 32.8 Å². The van der Waals surface area contributed by atoms with E-state index in [4.69, 9.17) is 4.74 Å². The Kier molecular flexibility index (Phi) is 5.49. The maximum absolute atomic E-state index is 12.3. The molecule has 2 heterocycles. The number of hydrogen-bond donors (Lipinski definition) is 1. The number of nitrogens with zero attached hydrogens (tertiary/aromatic N) is 2. The second-order valence-electron chi connectivity index (χ2n) is 5.00. The van der Waals surface area contributed by atoms with E-state index in [1.807, 2.05) is 17.9 Å². The van der Waals surface area contributed by atoms with Crippen molar-refractivity contribution < 1.29 is 9.53 Å². The molecule has 0 aliphatic carbocycles. The first kappa shape index (κ1) is 14.9. The van der Waals surface area contributed by atoms with Gasteiger partial charge in [0.25, 0.3) is 0 Å². The summed E-state index contributed by atoms with van der Waals surface area (Å²) in [5.41, 5.74) is 2.25. The van der Waals surface area contributed by atoms with Crippen molar-refractivity contribution in [3.05, 3.63) is 29.6 Å². The van der Waals surface area contributed by atoms with Gasteiger partial charge in [-0.2, -0.15) is 0 Å². The highest BCUT2D eigenvalue weighted by Gasteiger charge is 2.22. The first-order valence-corrected chi connectivity index (χ1v) is 7.25. The summed E-state index contributed by atoms with van der Waals surface area (Å²) >= 11 is 0. The molecule has 0 bridgehead atoms. The third-order valence-electron chi connectivity index (χ3n) is 3.63. The second-order valence-corrected chi connectivity index (χ2v) is 5.00. The molecule has 1 fully saturated rings. The molecule has 1 amide bonds. The van der Waals surface area contributed by atoms with Crippen molar-refractivity contribution >= 4 is 5.91 Å². The van der Waals surface area contributed by atoms with Gasteiger partial charge < -0.3 is 15.0 Å². The van der Waals surface area contributed by atoms with Gasteiger partial charge in [0.15, 0.2) is 0 Å². The summed E-state index contributed by atoms with van der Waals surface area (Å²) < 4.78 is 5.26. The Balaban J connectivity index is 1.87. The lowest BCUT2D eigenvalue weighted by Gasteiger charge is -2.29. The molecule has 110 valence electrons. The van der Waals surface area contributed by atoms with Gasteiger partial charge in [0.1, 0.15) is 0 Å². The fourth-order valence-corrected chi connectivity index (χ4v) is 2.35. The minimum absolute atomic E-state index is 0.141. The fraction of sp³-hybridized carbons (Fsp3) is 0.600. The number of morpholine rings is 1. The van der Waals surface area contributed by atoms with Crippen LogP contribution in [0, 0.1) is 0 Å². The maximum Gasteiger partial charge on any atom is 0.239 e. The van der Waals surface area contributed by atoms with Gasteiger partial charge in [0.05, 0.1) is 24.9 Å². The summed E-state index contributed by atoms with van der Waals surface area (Å²) in [4.78, 5) is 18.5. The molecule has 1 aliphatic heterocycles. The predicted molar refractivity (Wildman–Crippen MR) is 77.3 cm³/mol. The summed E-state index contributed by atoms with van der Waals surface area (Å²) in [5, 5.41) is 3.28. The number of aromatic nitrogens is 1. The zero-order valence-electron chi connectivity index (χ0n) is 12.3. The van der Waals surface area contributed by atoms with Crippen molar-refractivity contribution in [2.24, 2.45) is 0 Å². The molecule has 1 aromatic heterocycles. The number of aryl methyl sites for hydroxylation is 1. The molecule has 1 aromatic rings. The smallest absolute Gasteiger partial charge is 0.239 e. The Labute approximate surface area is 120 Å². The first-order chi connectivity index (χ1) is 9.72. The average molecular weight is 277 g/mol. The Morgan fingerprint density at radius 3 is 2.95 bits per heavy atom. The normalized spacial score (nSPS) is 17.0. The number of ether oxygens (including phenoxy) is 1. The van der Waals surface area contributed by atoms with E-state index in [9.17, 15) is 4.79 Å². The molecule has 2 rings (SSSR count). The fourth-order valence-electron chi connectivity index (χ4n) is 2.35. The maximum atomic E-state index is 12.3. The van der Waals surface area contributed by atoms with Crippen molar-refractivity contribution in [3.63, 3.8) is 0 Å². The van der Waals surface area contributed by atoms with Crippen LogP contribution < -0.4 is 5.32 Å². The molecule has 0 aromatic carbocycles. The number of rotatable bonds is 5. The molecule has 20 heavy (non-hydrogen) atoms. The van der Waals surface area contributed by atoms with Crippen molar-refractivity contribution in [2.75, 3.05) is 26.3 Å². The van der Waals surface area contributed by atoms with Crippen molar-refractivity contribution in [1.82, 2.24) is 15.2 Å². The van der Waals surface area contributed by atoms with Gasteiger partial charge in [-0.25, -0.2) is 0 Å². The third kappa shape index (κ3) is 3.77. The Hall–Kier alpha value is -1.46. The van der Waals surface area contributed by atoms with E-state index < -0.39 is 0 Å². The third-order valence-corrected chi connectivity index (χ3v) is 3.63. The van der Waals surface area contributed by atoms with E-state index in [1.54, 1.807) is 6.20 Å². The van der Waals surface area contributed by atoms with Crippen LogP contribution in [0.3, 0.4) is 0 Å². The van der Waals surface area contributed by atoms with Crippen LogP contribution in [0.15, 0.2) is 18.3 Å². The Morgan fingerprint density at radius 1 is 1.50 bits per heavy atom. The molecule has 0 spiro atoms. The molecular weight excluding hydrogens is 254 g/mol. The van der Waals surface area contributed by atoms with Crippen LogP contribution in [0.2, 0.25) is 0 Å². The molecule has 1 saturated heterocycles. The number of carbonyl (C=O) groups excluding carboxylic acids is 1. The van der Waals surface area contributed by atoms with Crippen LogP contribution >= 0.6 is 0 Å². The molecule has 1 aliphatic rings. The number of nitrogens with one attached hydrogen (secondary N) is 1. The summed E-state index contributed by atoms with van der Waals surface area (Å²) in [6.07, 6.45) is 2.75. The van der Waals surface area contributed by atoms with Crippen molar-refractivity contribution in [2.45, 2.75) is 32.9 Å². The molecule has 0 radical (unpaired) electrons. The quantitative estimate of drug-likeness (QED) is 0.872.